The number of hydrogen-bond donors (Lipinski definition) is 1. The number of thioether (sulfide) groups is 1. The first-order valence-electron chi connectivity index (χ1n) is 5.20. The highest BCUT2D eigenvalue weighted by atomic mass is 32.2. The minimum Gasteiger partial charge on any atom is -0.316 e. The molecule has 0 fully saturated rings. The van der Waals surface area contributed by atoms with Gasteiger partial charge in [0.15, 0.2) is 0 Å². The monoisotopic (exact) mass is 201 g/mol. The quantitative estimate of drug-likeness (QED) is 0.455. The maximum atomic E-state index is 3.69. The average molecular weight is 201 g/mol. The Morgan fingerprint density at radius 1 is 1.54 bits per heavy atom. The van der Waals surface area contributed by atoms with Crippen molar-refractivity contribution in [2.24, 2.45) is 5.92 Å². The van der Waals surface area contributed by atoms with E-state index >= 15 is 0 Å². The summed E-state index contributed by atoms with van der Waals surface area (Å²) in [6, 6.07) is 0. The molecule has 0 saturated heterocycles. The molecule has 0 bridgehead atoms. The molecule has 1 unspecified atom stereocenters. The summed E-state index contributed by atoms with van der Waals surface area (Å²) in [5.74, 6) is 3.10. The van der Waals surface area contributed by atoms with Crippen molar-refractivity contribution in [2.75, 3.05) is 24.6 Å². The molecule has 2 heteroatoms. The molecule has 13 heavy (non-hydrogen) atoms. The van der Waals surface area contributed by atoms with Crippen molar-refractivity contribution in [3.63, 3.8) is 0 Å². The molecule has 0 heterocycles. The molecule has 78 valence electrons. The van der Waals surface area contributed by atoms with Crippen molar-refractivity contribution in [1.82, 2.24) is 5.32 Å². The highest BCUT2D eigenvalue weighted by molar-refractivity contribution is 7.99. The van der Waals surface area contributed by atoms with Gasteiger partial charge in [0.1, 0.15) is 0 Å². The lowest BCUT2D eigenvalue weighted by molar-refractivity contribution is 0.485. The molecule has 0 rings (SSSR count). The first-order chi connectivity index (χ1) is 6.31. The minimum atomic E-state index is 0.828. The van der Waals surface area contributed by atoms with Crippen molar-refractivity contribution in [2.45, 2.75) is 26.7 Å². The van der Waals surface area contributed by atoms with E-state index in [0.717, 1.165) is 18.2 Å². The summed E-state index contributed by atoms with van der Waals surface area (Å²) in [6.07, 6.45) is 4.60. The summed E-state index contributed by atoms with van der Waals surface area (Å²) in [4.78, 5) is 0. The second kappa shape index (κ2) is 10.1. The average Bonchev–Trinajstić information content (AvgIpc) is 2.11. The largest absolute Gasteiger partial charge is 0.316 e. The predicted molar refractivity (Wildman–Crippen MR) is 64.5 cm³/mol. The van der Waals surface area contributed by atoms with Crippen LogP contribution in [0.3, 0.4) is 0 Å². The van der Waals surface area contributed by atoms with E-state index in [1.54, 1.807) is 0 Å². The third kappa shape index (κ3) is 9.97. The molecule has 0 aromatic carbocycles. The Balaban J connectivity index is 3.01. The Kier molecular flexibility index (Phi) is 10.2. The van der Waals surface area contributed by atoms with Crippen LogP contribution in [0.1, 0.15) is 26.7 Å². The molecule has 0 aliphatic rings. The van der Waals surface area contributed by atoms with Crippen LogP contribution in [0.25, 0.3) is 0 Å². The third-order valence-electron chi connectivity index (χ3n) is 1.93. The molecule has 0 aromatic heterocycles. The number of rotatable bonds is 9. The van der Waals surface area contributed by atoms with E-state index in [1.807, 2.05) is 17.8 Å². The van der Waals surface area contributed by atoms with Gasteiger partial charge < -0.3 is 5.32 Å². The molecule has 0 aliphatic carbocycles. The maximum absolute atomic E-state index is 3.69. The van der Waals surface area contributed by atoms with E-state index in [0.29, 0.717) is 0 Å². The third-order valence-corrected chi connectivity index (χ3v) is 2.90. The summed E-state index contributed by atoms with van der Waals surface area (Å²) in [5.41, 5.74) is 0. The fourth-order valence-corrected chi connectivity index (χ4v) is 1.88. The molecule has 1 N–H and O–H groups in total. The van der Waals surface area contributed by atoms with Gasteiger partial charge in [0, 0.05) is 18.1 Å². The normalized spacial score (nSPS) is 12.8. The molecule has 0 aromatic rings. The van der Waals surface area contributed by atoms with E-state index in [9.17, 15) is 0 Å². The molecule has 0 saturated carbocycles. The van der Waals surface area contributed by atoms with Gasteiger partial charge in [-0.2, -0.15) is 11.8 Å². The smallest absolute Gasteiger partial charge is 0.0111 e. The molecule has 0 spiro atoms. The van der Waals surface area contributed by atoms with Gasteiger partial charge in [-0.25, -0.2) is 0 Å². The van der Waals surface area contributed by atoms with E-state index in [4.69, 9.17) is 0 Å². The van der Waals surface area contributed by atoms with Crippen LogP contribution in [0.15, 0.2) is 12.7 Å². The van der Waals surface area contributed by atoms with E-state index < -0.39 is 0 Å². The van der Waals surface area contributed by atoms with Crippen LogP contribution in [0.4, 0.5) is 0 Å². The molecule has 1 nitrogen and oxygen atoms in total. The van der Waals surface area contributed by atoms with Gasteiger partial charge in [-0.15, -0.1) is 6.58 Å². The first kappa shape index (κ1) is 13.1. The van der Waals surface area contributed by atoms with Crippen LogP contribution in [0, 0.1) is 5.92 Å². The zero-order chi connectivity index (χ0) is 9.94. The van der Waals surface area contributed by atoms with Gasteiger partial charge in [-0.3, -0.25) is 0 Å². The Morgan fingerprint density at radius 2 is 2.31 bits per heavy atom. The molecule has 0 radical (unpaired) electrons. The van der Waals surface area contributed by atoms with Crippen molar-refractivity contribution in [3.05, 3.63) is 12.7 Å². The second-order valence-corrected chi connectivity index (χ2v) is 4.61. The molecular weight excluding hydrogens is 178 g/mol. The SMILES string of the molecule is C=CCSCCNCC(C)CCC. The van der Waals surface area contributed by atoms with Crippen LogP contribution in [0.2, 0.25) is 0 Å². The summed E-state index contributed by atoms with van der Waals surface area (Å²) in [5, 5.41) is 3.47. The van der Waals surface area contributed by atoms with Crippen molar-refractivity contribution in [3.8, 4) is 0 Å². The summed E-state index contributed by atoms with van der Waals surface area (Å²) in [7, 11) is 0. The lowest BCUT2D eigenvalue weighted by Gasteiger charge is -2.10. The highest BCUT2D eigenvalue weighted by Crippen LogP contribution is 2.03. The zero-order valence-electron chi connectivity index (χ0n) is 9.01. The van der Waals surface area contributed by atoms with Gasteiger partial charge in [0.2, 0.25) is 0 Å². The molecule has 1 atom stereocenters. The predicted octanol–water partition coefficient (Wildman–Crippen LogP) is 2.93. The van der Waals surface area contributed by atoms with Gasteiger partial charge in [0.25, 0.3) is 0 Å². The summed E-state index contributed by atoms with van der Waals surface area (Å²) >= 11 is 1.94. The van der Waals surface area contributed by atoms with Crippen LogP contribution in [-0.2, 0) is 0 Å². The Hall–Kier alpha value is 0.0500. The Morgan fingerprint density at radius 3 is 2.92 bits per heavy atom. The lowest BCUT2D eigenvalue weighted by atomic mass is 10.1. The van der Waals surface area contributed by atoms with Gasteiger partial charge in [0.05, 0.1) is 0 Å². The van der Waals surface area contributed by atoms with Crippen LogP contribution < -0.4 is 5.32 Å². The van der Waals surface area contributed by atoms with Gasteiger partial charge in [-0.05, 0) is 18.9 Å². The van der Waals surface area contributed by atoms with Crippen molar-refractivity contribution in [1.29, 1.82) is 0 Å². The topological polar surface area (TPSA) is 12.0 Å². The fourth-order valence-electron chi connectivity index (χ4n) is 1.25. The van der Waals surface area contributed by atoms with Gasteiger partial charge >= 0.3 is 0 Å². The van der Waals surface area contributed by atoms with E-state index in [2.05, 4.69) is 25.7 Å². The lowest BCUT2D eigenvalue weighted by Crippen LogP contribution is -2.23. The highest BCUT2D eigenvalue weighted by Gasteiger charge is 1.98. The van der Waals surface area contributed by atoms with Gasteiger partial charge in [-0.1, -0.05) is 26.3 Å². The maximum Gasteiger partial charge on any atom is 0.0111 e. The molecule has 0 amide bonds. The van der Waals surface area contributed by atoms with E-state index in [1.165, 1.54) is 25.1 Å². The first-order valence-corrected chi connectivity index (χ1v) is 6.36. The second-order valence-electron chi connectivity index (χ2n) is 3.46. The molecule has 0 aliphatic heterocycles. The number of nitrogens with one attached hydrogen (secondary N) is 1. The van der Waals surface area contributed by atoms with Crippen molar-refractivity contribution < 1.29 is 0 Å². The summed E-state index contributed by atoms with van der Waals surface area (Å²) < 4.78 is 0. The number of hydrogen-bond acceptors (Lipinski definition) is 2. The van der Waals surface area contributed by atoms with Crippen LogP contribution in [0.5, 0.6) is 0 Å². The zero-order valence-corrected chi connectivity index (χ0v) is 9.83. The molecular formula is C11H23NS. The van der Waals surface area contributed by atoms with E-state index in [-0.39, 0.29) is 0 Å². The fraction of sp³-hybridized carbons (Fsp3) is 0.818. The summed E-state index contributed by atoms with van der Waals surface area (Å²) in [6.45, 7) is 10.5. The standard InChI is InChI=1S/C11H23NS/c1-4-6-11(3)10-12-7-9-13-8-5-2/h5,11-12H,2,4,6-10H2,1,3H3. The minimum absolute atomic E-state index is 0.828. The Bertz CT molecular complexity index is 115. The van der Waals surface area contributed by atoms with Crippen LogP contribution in [-0.4, -0.2) is 24.6 Å². The van der Waals surface area contributed by atoms with Crippen LogP contribution >= 0.6 is 11.8 Å². The Labute approximate surface area is 87.4 Å². The van der Waals surface area contributed by atoms with Crippen molar-refractivity contribution >= 4 is 11.8 Å².